The number of nitrogens with zero attached hydrogens (tertiary/aromatic N) is 13. The van der Waals surface area contributed by atoms with E-state index in [0.717, 1.165) is 32.4 Å². The van der Waals surface area contributed by atoms with Gasteiger partial charge in [-0.25, -0.2) is 28.1 Å². The Morgan fingerprint density at radius 2 is 1.13 bits per heavy atom. The SMILES string of the molecule is CCN1C(=O)CC(=O)N(CC)C1=S.CCN1C(=O)CC(=S)N(CC)C1=S.CCN1CS/C(=C2/SC(=S)N(CC)C2=O)C1=O.CN1C(=O)CC(=O)N(C)C1=O.O=C(O)CN1C(=O)CN(Cc2ccccc2)C1=S.O=C1CC(c2ccccc2)=NO1.[C-]#[N+]/C(C#N)=C1\CS(=O)(=O)c2ccccc21. The van der Waals surface area contributed by atoms with Crippen molar-refractivity contribution in [2.75, 3.05) is 78.1 Å². The molecule has 0 saturated carbocycles. The highest BCUT2D eigenvalue weighted by atomic mass is 32.2. The van der Waals surface area contributed by atoms with E-state index in [1.165, 1.54) is 58.4 Å². The van der Waals surface area contributed by atoms with E-state index < -0.39 is 33.7 Å². The molecule has 0 radical (unpaired) electrons. The summed E-state index contributed by atoms with van der Waals surface area (Å²) in [5.74, 6) is -2.67. The minimum Gasteiger partial charge on any atom is -0.480 e. The summed E-state index contributed by atoms with van der Waals surface area (Å²) in [6.45, 7) is 22.1. The molecule has 3 aromatic rings. The topological polar surface area (TPSA) is 324 Å². The number of likely N-dealkylation sites (N-methyl/N-ethyl adjacent to an activating group) is 2. The van der Waals surface area contributed by atoms with Gasteiger partial charge in [0.2, 0.25) is 35.4 Å². The second kappa shape index (κ2) is 37.9. The van der Waals surface area contributed by atoms with Gasteiger partial charge in [0.1, 0.15) is 30.3 Å². The average Bonchev–Trinajstić information content (AvgIpc) is 1.61. The van der Waals surface area contributed by atoms with E-state index in [-0.39, 0.29) is 95.2 Å². The molecule has 0 aliphatic carbocycles. The van der Waals surface area contributed by atoms with Crippen molar-refractivity contribution in [2.24, 2.45) is 5.16 Å². The molecule has 0 spiro atoms. The second-order valence-corrected chi connectivity index (χ2v) is 27.3. The number of hydrogen-bond acceptors (Lipinski definition) is 23. The smallest absolute Gasteiger partial charge is 0.341 e. The number of thioether (sulfide) groups is 2. The molecule has 100 heavy (non-hydrogen) atoms. The van der Waals surface area contributed by atoms with Crippen molar-refractivity contribution >= 4 is 196 Å². The van der Waals surface area contributed by atoms with Gasteiger partial charge in [-0.2, -0.15) is 0 Å². The molecule has 11 rings (SSSR count). The van der Waals surface area contributed by atoms with Gasteiger partial charge in [0.05, 0.1) is 62.5 Å². The van der Waals surface area contributed by atoms with Crippen LogP contribution in [0, 0.1) is 17.9 Å². The lowest BCUT2D eigenvalue weighted by atomic mass is 10.1. The number of barbiturate groups is 1. The number of urea groups is 1. The first-order valence-electron chi connectivity index (χ1n) is 30.5. The number of aliphatic carboxylic acids is 1. The zero-order valence-electron chi connectivity index (χ0n) is 55.4. The molecule has 10 amide bonds. The van der Waals surface area contributed by atoms with Crippen LogP contribution in [0.1, 0.15) is 83.9 Å². The van der Waals surface area contributed by atoms with Gasteiger partial charge in [-0.15, -0.1) is 0 Å². The normalized spacial score (nSPS) is 19.0. The Kier molecular flexibility index (Phi) is 30.9. The molecule has 8 heterocycles. The lowest BCUT2D eigenvalue weighted by Crippen LogP contribution is -2.54. The van der Waals surface area contributed by atoms with E-state index in [4.69, 9.17) is 78.0 Å². The van der Waals surface area contributed by atoms with Gasteiger partial charge < -0.3 is 24.6 Å². The number of rotatable bonds is 11. The van der Waals surface area contributed by atoms with Gasteiger partial charge in [-0.05, 0) is 107 Å². The molecule has 8 aliphatic heterocycles. The number of hydrogen-bond donors (Lipinski definition) is 1. The monoisotopic (exact) mass is 1520 g/mol. The predicted octanol–water partition coefficient (Wildman–Crippen LogP) is 6.27. The number of carbonyl (C=O) groups is 11. The molecule has 1 N–H and O–H groups in total. The van der Waals surface area contributed by atoms with Crippen LogP contribution >= 0.6 is 84.6 Å². The Bertz CT molecular complexity index is 3980. The zero-order valence-corrected chi connectivity index (χ0v) is 62.0. The molecule has 0 aromatic heterocycles. The van der Waals surface area contributed by atoms with Gasteiger partial charge in [-0.3, -0.25) is 77.5 Å². The number of carboxylic acids is 1. The predicted molar refractivity (Wildman–Crippen MR) is 392 cm³/mol. The highest BCUT2D eigenvalue weighted by Gasteiger charge is 2.40. The molecule has 28 nitrogen and oxygen atoms in total. The lowest BCUT2D eigenvalue weighted by molar-refractivity contribution is -0.142. The van der Waals surface area contributed by atoms with Crippen LogP contribution in [0.25, 0.3) is 10.4 Å². The highest BCUT2D eigenvalue weighted by Crippen LogP contribution is 2.41. The maximum Gasteiger partial charge on any atom is 0.341 e. The first kappa shape index (κ1) is 81.5. The molecule has 0 unspecified atom stereocenters. The summed E-state index contributed by atoms with van der Waals surface area (Å²) >= 11 is 28.1. The third-order valence-electron chi connectivity index (χ3n) is 14.9. The summed E-state index contributed by atoms with van der Waals surface area (Å²) in [4.78, 5) is 147. The van der Waals surface area contributed by atoms with Crippen molar-refractivity contribution in [3.05, 3.63) is 129 Å². The number of amides is 10. The molecule has 0 atom stereocenters. The van der Waals surface area contributed by atoms with Gasteiger partial charge in [0.15, 0.2) is 25.2 Å². The van der Waals surface area contributed by atoms with Gasteiger partial charge in [0, 0.05) is 59.9 Å². The fraction of sp³-hybridized carbons (Fsp3) is 0.359. The minimum atomic E-state index is -3.37. The fourth-order valence-electron chi connectivity index (χ4n) is 9.61. The molecule has 36 heteroatoms. The summed E-state index contributed by atoms with van der Waals surface area (Å²) < 4.78 is 24.1. The van der Waals surface area contributed by atoms with Crippen molar-refractivity contribution in [1.29, 1.82) is 5.26 Å². The Labute approximate surface area is 613 Å². The summed E-state index contributed by atoms with van der Waals surface area (Å²) in [5, 5.41) is 22.3. The number of sulfone groups is 1. The standard InChI is InChI=1S/C12H12N2O3S.C11H6N2O2S.C10H12N2O2S3.C9H7NO2.C8H12N2O2S.C8H12N2OS2.C6H8N2O3/c15-10-7-13(6-9-4-2-1-3-5-9)12(18)14(10)8-11(16)17;1-13-10(6-12)9-7-16(14,15)11-5-3-2-4-8(9)11;1-3-11-5-16-6(8(11)13)7-9(14)12(4-2)10(15)17-7;11-9-6-8(10-12-9)7-4-2-1-3-5-7;2*1-3-9-6(11)5-7(12)10(4-2)8(9)13;1-7-4(9)3-5(10)8(2)6(7)11/h1-5H,6-8H2,(H,16,17);2-5H,7H2;3-5H2,1-2H3;1-5H,6H2;2*3-5H2,1-2H3;3H2,1-2H3/b;10-9+;7-6+;;;;. The van der Waals surface area contributed by atoms with Gasteiger partial charge in [-0.1, -0.05) is 132 Å². The van der Waals surface area contributed by atoms with Crippen molar-refractivity contribution in [1.82, 2.24) is 49.0 Å². The average molecular weight is 1520 g/mol. The fourth-order valence-corrected chi connectivity index (χ4v) is 15.6. The third kappa shape index (κ3) is 20.5. The van der Waals surface area contributed by atoms with E-state index in [1.54, 1.807) is 39.0 Å². The van der Waals surface area contributed by atoms with Crippen LogP contribution in [0.3, 0.4) is 0 Å². The number of nitriles is 1. The van der Waals surface area contributed by atoms with Crippen LogP contribution in [-0.2, 0) is 69.2 Å². The second-order valence-electron chi connectivity index (χ2n) is 21.2. The summed E-state index contributed by atoms with van der Waals surface area (Å²) in [6, 6.07) is 26.7. The Morgan fingerprint density at radius 1 is 0.620 bits per heavy atom. The van der Waals surface area contributed by atoms with Crippen LogP contribution in [-0.4, -0.2) is 236 Å². The van der Waals surface area contributed by atoms with E-state index in [2.05, 4.69) is 14.8 Å². The highest BCUT2D eigenvalue weighted by molar-refractivity contribution is 8.27. The minimum absolute atomic E-state index is 0.0159. The van der Waals surface area contributed by atoms with Crippen molar-refractivity contribution in [3.8, 4) is 6.07 Å². The number of thiocarbonyl (C=S) groups is 5. The quantitative estimate of drug-likeness (QED) is 0.0552. The largest absolute Gasteiger partial charge is 0.480 e. The molecule has 6 saturated heterocycles. The number of carbonyl (C=O) groups excluding carboxylic acids is 10. The summed E-state index contributed by atoms with van der Waals surface area (Å²) in [7, 11) is -0.663. The Balaban J connectivity index is 0.000000212. The van der Waals surface area contributed by atoms with Crippen LogP contribution in [0.15, 0.2) is 110 Å². The van der Waals surface area contributed by atoms with Gasteiger partial charge in [0.25, 0.3) is 17.5 Å². The first-order chi connectivity index (χ1) is 47.4. The van der Waals surface area contributed by atoms with E-state index >= 15 is 0 Å². The summed E-state index contributed by atoms with van der Waals surface area (Å²) in [5.41, 5.74) is 3.34. The number of allylic oxidation sites excluding steroid dienone is 1. The van der Waals surface area contributed by atoms with Crippen LogP contribution < -0.4 is 0 Å². The summed E-state index contributed by atoms with van der Waals surface area (Å²) in [6.07, 6.45) is 0.335. The van der Waals surface area contributed by atoms with E-state index in [0.29, 0.717) is 97.8 Å². The van der Waals surface area contributed by atoms with Crippen molar-refractivity contribution in [2.45, 2.75) is 78.7 Å². The van der Waals surface area contributed by atoms with E-state index in [9.17, 15) is 61.2 Å². The number of imide groups is 2. The first-order valence-corrected chi connectivity index (χ1v) is 36.0. The van der Waals surface area contributed by atoms with Crippen LogP contribution in [0.5, 0.6) is 0 Å². The molecule has 6 fully saturated rings. The lowest BCUT2D eigenvalue weighted by Gasteiger charge is -2.36. The van der Waals surface area contributed by atoms with E-state index in [1.807, 2.05) is 107 Å². The Morgan fingerprint density at radius 3 is 1.61 bits per heavy atom. The van der Waals surface area contributed by atoms with Crippen LogP contribution in [0.4, 0.5) is 4.79 Å². The van der Waals surface area contributed by atoms with Crippen molar-refractivity contribution < 1.29 is 71.1 Å². The maximum atomic E-state index is 12.1. The number of oxime groups is 1. The van der Waals surface area contributed by atoms with Gasteiger partial charge >= 0.3 is 18.0 Å². The number of carboxylic acid groups (broad SMARTS) is 1. The molecule has 528 valence electrons. The Hall–Kier alpha value is -9.14. The molecular formula is C64H69N13O15S8. The van der Waals surface area contributed by atoms with Crippen LogP contribution in [0.2, 0.25) is 0 Å². The maximum absolute atomic E-state index is 12.1. The van der Waals surface area contributed by atoms with Crippen molar-refractivity contribution in [3.63, 3.8) is 0 Å². The number of benzene rings is 3. The third-order valence-corrected chi connectivity index (χ3v) is 21.0. The molecule has 3 aromatic carbocycles. The zero-order chi connectivity index (χ0) is 74.5. The molecular weight excluding hydrogens is 1450 g/mol. The molecule has 8 aliphatic rings. The number of fused-ring (bicyclic) bond motifs is 1. The molecule has 0 bridgehead atoms.